The zero-order valence-corrected chi connectivity index (χ0v) is 14.0. The van der Waals surface area contributed by atoms with Crippen molar-refractivity contribution in [1.29, 1.82) is 0 Å². The molecule has 6 nitrogen and oxygen atoms in total. The van der Waals surface area contributed by atoms with Gasteiger partial charge in [-0.2, -0.15) is 0 Å². The molecule has 1 heterocycles. The summed E-state index contributed by atoms with van der Waals surface area (Å²) in [6, 6.07) is 13.6. The van der Waals surface area contributed by atoms with Gasteiger partial charge in [-0.1, -0.05) is 23.4 Å². The van der Waals surface area contributed by atoms with E-state index in [1.165, 1.54) is 19.4 Å². The van der Waals surface area contributed by atoms with E-state index in [0.29, 0.717) is 17.0 Å². The van der Waals surface area contributed by atoms with Crippen LogP contribution in [0.3, 0.4) is 0 Å². The highest BCUT2D eigenvalue weighted by Gasteiger charge is 2.21. The highest BCUT2D eigenvalue weighted by atomic mass is 32.2. The number of benzene rings is 2. The van der Waals surface area contributed by atoms with E-state index in [4.69, 9.17) is 9.26 Å². The molecule has 0 aliphatic carbocycles. The van der Waals surface area contributed by atoms with Crippen molar-refractivity contribution < 1.29 is 17.7 Å². The van der Waals surface area contributed by atoms with Crippen molar-refractivity contribution in [1.82, 2.24) is 5.16 Å². The number of hydrogen-bond donors (Lipinski definition) is 1. The summed E-state index contributed by atoms with van der Waals surface area (Å²) in [6.45, 7) is 1.84. The Hall–Kier alpha value is -2.80. The number of nitrogens with one attached hydrogen (secondary N) is 1. The standard InChI is InChI=1S/C17H16N2O4S/c1-12-5-3-4-6-14(12)19-24(20,21)17-8-7-13(11-16(17)22-2)15-9-10-18-23-15/h3-11,19H,1-2H3. The molecule has 0 aliphatic heterocycles. The number of aryl methyl sites for hydroxylation is 1. The van der Waals surface area contributed by atoms with Crippen molar-refractivity contribution >= 4 is 15.7 Å². The maximum absolute atomic E-state index is 12.7. The number of nitrogens with zero attached hydrogens (tertiary/aromatic N) is 1. The van der Waals surface area contributed by atoms with Crippen molar-refractivity contribution in [3.63, 3.8) is 0 Å². The number of anilines is 1. The van der Waals surface area contributed by atoms with Gasteiger partial charge in [-0.05, 0) is 36.8 Å². The van der Waals surface area contributed by atoms with Crippen LogP contribution < -0.4 is 9.46 Å². The lowest BCUT2D eigenvalue weighted by Crippen LogP contribution is -2.14. The van der Waals surface area contributed by atoms with E-state index in [1.54, 1.807) is 30.3 Å². The molecule has 1 aromatic heterocycles. The highest BCUT2D eigenvalue weighted by molar-refractivity contribution is 7.92. The Balaban J connectivity index is 2.00. The summed E-state index contributed by atoms with van der Waals surface area (Å²) in [5.41, 5.74) is 2.04. The van der Waals surface area contributed by atoms with Gasteiger partial charge in [0.25, 0.3) is 10.0 Å². The van der Waals surface area contributed by atoms with Gasteiger partial charge < -0.3 is 9.26 Å². The SMILES string of the molecule is COc1cc(-c2ccno2)ccc1S(=O)(=O)Nc1ccccc1C. The Labute approximate surface area is 140 Å². The number of rotatable bonds is 5. The number of sulfonamides is 1. The third-order valence-corrected chi connectivity index (χ3v) is 4.97. The Kier molecular flexibility index (Phi) is 4.26. The van der Waals surface area contributed by atoms with Crippen LogP contribution in [0.4, 0.5) is 5.69 Å². The van der Waals surface area contributed by atoms with Gasteiger partial charge in [0.05, 0.1) is 19.0 Å². The molecule has 0 saturated carbocycles. The van der Waals surface area contributed by atoms with Crippen LogP contribution in [0.5, 0.6) is 5.75 Å². The maximum atomic E-state index is 12.7. The smallest absolute Gasteiger partial charge is 0.265 e. The van der Waals surface area contributed by atoms with Gasteiger partial charge in [0.15, 0.2) is 5.76 Å². The maximum Gasteiger partial charge on any atom is 0.265 e. The van der Waals surface area contributed by atoms with E-state index < -0.39 is 10.0 Å². The van der Waals surface area contributed by atoms with Gasteiger partial charge >= 0.3 is 0 Å². The molecular formula is C17H16N2O4S. The molecule has 24 heavy (non-hydrogen) atoms. The first-order chi connectivity index (χ1) is 11.5. The van der Waals surface area contributed by atoms with E-state index in [-0.39, 0.29) is 10.6 Å². The summed E-state index contributed by atoms with van der Waals surface area (Å²) in [5, 5.41) is 3.64. The van der Waals surface area contributed by atoms with E-state index in [1.807, 2.05) is 19.1 Å². The van der Waals surface area contributed by atoms with Crippen LogP contribution in [-0.2, 0) is 10.0 Å². The molecule has 0 unspecified atom stereocenters. The second-order valence-electron chi connectivity index (χ2n) is 5.16. The number of methoxy groups -OCH3 is 1. The second kappa shape index (κ2) is 6.37. The fourth-order valence-electron chi connectivity index (χ4n) is 2.29. The fraction of sp³-hybridized carbons (Fsp3) is 0.118. The largest absolute Gasteiger partial charge is 0.495 e. The van der Waals surface area contributed by atoms with Crippen LogP contribution in [0.1, 0.15) is 5.56 Å². The molecule has 3 aromatic rings. The minimum Gasteiger partial charge on any atom is -0.495 e. The van der Waals surface area contributed by atoms with Gasteiger partial charge in [0, 0.05) is 11.6 Å². The molecular weight excluding hydrogens is 328 g/mol. The van der Waals surface area contributed by atoms with Crippen molar-refractivity contribution in [3.05, 3.63) is 60.3 Å². The van der Waals surface area contributed by atoms with E-state index in [9.17, 15) is 8.42 Å². The number of hydrogen-bond acceptors (Lipinski definition) is 5. The molecule has 0 radical (unpaired) electrons. The normalized spacial score (nSPS) is 11.2. The van der Waals surface area contributed by atoms with Crippen LogP contribution in [0.2, 0.25) is 0 Å². The third-order valence-electron chi connectivity index (χ3n) is 3.56. The van der Waals surface area contributed by atoms with Crippen molar-refractivity contribution in [2.75, 3.05) is 11.8 Å². The lowest BCUT2D eigenvalue weighted by molar-refractivity contribution is 0.402. The van der Waals surface area contributed by atoms with Crippen LogP contribution >= 0.6 is 0 Å². The molecule has 2 aromatic carbocycles. The van der Waals surface area contributed by atoms with E-state index in [2.05, 4.69) is 9.88 Å². The Morgan fingerprint density at radius 1 is 1.12 bits per heavy atom. The predicted octanol–water partition coefficient (Wildman–Crippen LogP) is 3.46. The summed E-state index contributed by atoms with van der Waals surface area (Å²) in [7, 11) is -2.36. The molecule has 1 N–H and O–H groups in total. The van der Waals surface area contributed by atoms with Crippen LogP contribution in [-0.4, -0.2) is 20.7 Å². The Morgan fingerprint density at radius 2 is 1.92 bits per heavy atom. The van der Waals surface area contributed by atoms with E-state index >= 15 is 0 Å². The molecule has 0 fully saturated rings. The number of para-hydroxylation sites is 1. The average molecular weight is 344 g/mol. The first kappa shape index (κ1) is 16.1. The summed E-state index contributed by atoms with van der Waals surface area (Å²) < 4.78 is 38.3. The number of aromatic nitrogens is 1. The summed E-state index contributed by atoms with van der Waals surface area (Å²) in [6.07, 6.45) is 1.52. The summed E-state index contributed by atoms with van der Waals surface area (Å²) >= 11 is 0. The topological polar surface area (TPSA) is 81.4 Å². The summed E-state index contributed by atoms with van der Waals surface area (Å²) in [5.74, 6) is 0.758. The van der Waals surface area contributed by atoms with Crippen molar-refractivity contribution in [3.8, 4) is 17.1 Å². The fourth-order valence-corrected chi connectivity index (χ4v) is 3.58. The lowest BCUT2D eigenvalue weighted by atomic mass is 10.1. The minimum atomic E-state index is -3.79. The average Bonchev–Trinajstić information content (AvgIpc) is 3.11. The quantitative estimate of drug-likeness (QED) is 0.766. The van der Waals surface area contributed by atoms with Crippen LogP contribution in [0.25, 0.3) is 11.3 Å². The number of ether oxygens (including phenoxy) is 1. The summed E-state index contributed by atoms with van der Waals surface area (Å²) in [4.78, 5) is 0.0523. The van der Waals surface area contributed by atoms with E-state index in [0.717, 1.165) is 5.56 Å². The first-order valence-electron chi connectivity index (χ1n) is 7.19. The zero-order chi connectivity index (χ0) is 17.2. The molecule has 0 spiro atoms. The highest BCUT2D eigenvalue weighted by Crippen LogP contribution is 2.31. The van der Waals surface area contributed by atoms with Gasteiger partial charge in [0.1, 0.15) is 10.6 Å². The van der Waals surface area contributed by atoms with Crippen LogP contribution in [0.15, 0.2) is 64.1 Å². The van der Waals surface area contributed by atoms with Crippen molar-refractivity contribution in [2.24, 2.45) is 0 Å². The Bertz CT molecular complexity index is 950. The third kappa shape index (κ3) is 3.11. The second-order valence-corrected chi connectivity index (χ2v) is 6.81. The molecule has 0 atom stereocenters. The Morgan fingerprint density at radius 3 is 2.58 bits per heavy atom. The van der Waals surface area contributed by atoms with Crippen molar-refractivity contribution in [2.45, 2.75) is 11.8 Å². The first-order valence-corrected chi connectivity index (χ1v) is 8.67. The predicted molar refractivity (Wildman–Crippen MR) is 90.5 cm³/mol. The molecule has 0 saturated heterocycles. The zero-order valence-electron chi connectivity index (χ0n) is 13.2. The molecule has 0 aliphatic rings. The van der Waals surface area contributed by atoms with Crippen LogP contribution in [0, 0.1) is 6.92 Å². The van der Waals surface area contributed by atoms with Gasteiger partial charge in [-0.15, -0.1) is 0 Å². The lowest BCUT2D eigenvalue weighted by Gasteiger charge is -2.13. The minimum absolute atomic E-state index is 0.0523. The molecule has 7 heteroatoms. The molecule has 3 rings (SSSR count). The molecule has 0 bridgehead atoms. The monoisotopic (exact) mass is 344 g/mol. The van der Waals surface area contributed by atoms with Gasteiger partial charge in [0.2, 0.25) is 0 Å². The molecule has 0 amide bonds. The molecule has 124 valence electrons. The van der Waals surface area contributed by atoms with Gasteiger partial charge in [-0.3, -0.25) is 4.72 Å². The van der Waals surface area contributed by atoms with Gasteiger partial charge in [-0.25, -0.2) is 8.42 Å².